The van der Waals surface area contributed by atoms with Crippen molar-refractivity contribution in [3.8, 4) is 0 Å². The molecule has 2 heterocycles. The minimum atomic E-state index is 0.755. The summed E-state index contributed by atoms with van der Waals surface area (Å²) in [5, 5.41) is 6.96. The largest absolute Gasteiger partial charge is 0.315 e. The van der Waals surface area contributed by atoms with Gasteiger partial charge in [0.25, 0.3) is 0 Å². The van der Waals surface area contributed by atoms with Gasteiger partial charge in [0.05, 0.1) is 0 Å². The summed E-state index contributed by atoms with van der Waals surface area (Å²) < 4.78 is 0. The first-order chi connectivity index (χ1) is 6.36. The third-order valence-electron chi connectivity index (χ3n) is 3.33. The Balaban J connectivity index is 1.73. The smallest absolute Gasteiger partial charge is 0.0230 e. The van der Waals surface area contributed by atoms with Crippen LogP contribution in [-0.4, -0.2) is 50.2 Å². The zero-order valence-corrected chi connectivity index (χ0v) is 8.55. The molecule has 3 heteroatoms. The topological polar surface area (TPSA) is 27.3 Å². The fourth-order valence-corrected chi connectivity index (χ4v) is 2.42. The van der Waals surface area contributed by atoms with Gasteiger partial charge in [-0.05, 0) is 39.4 Å². The molecule has 2 atom stereocenters. The molecule has 0 radical (unpaired) electrons. The number of nitrogens with zero attached hydrogens (tertiary/aromatic N) is 1. The zero-order valence-electron chi connectivity index (χ0n) is 8.55. The summed E-state index contributed by atoms with van der Waals surface area (Å²) in [5.74, 6) is 0. The monoisotopic (exact) mass is 183 g/mol. The van der Waals surface area contributed by atoms with Crippen molar-refractivity contribution in [2.24, 2.45) is 0 Å². The van der Waals surface area contributed by atoms with Crippen LogP contribution in [0.1, 0.15) is 19.3 Å². The standard InChI is InChI=1S/C10H21N3/c1-13(10-4-6-11-7-10)8-9-3-2-5-12-9/h9-12H,2-8H2,1H3/t9-,10?/m0/s1. The van der Waals surface area contributed by atoms with Gasteiger partial charge in [-0.3, -0.25) is 0 Å². The molecule has 0 aromatic carbocycles. The molecule has 0 bridgehead atoms. The number of hydrogen-bond donors (Lipinski definition) is 2. The van der Waals surface area contributed by atoms with Gasteiger partial charge in [0, 0.05) is 25.2 Å². The highest BCUT2D eigenvalue weighted by molar-refractivity contribution is 4.83. The molecule has 0 aromatic rings. The number of likely N-dealkylation sites (N-methyl/N-ethyl adjacent to an activating group) is 1. The lowest BCUT2D eigenvalue weighted by molar-refractivity contribution is 0.235. The van der Waals surface area contributed by atoms with Gasteiger partial charge in [-0.2, -0.15) is 0 Å². The maximum Gasteiger partial charge on any atom is 0.0230 e. The van der Waals surface area contributed by atoms with Gasteiger partial charge >= 0.3 is 0 Å². The lowest BCUT2D eigenvalue weighted by Crippen LogP contribution is -2.41. The van der Waals surface area contributed by atoms with Gasteiger partial charge in [0.2, 0.25) is 0 Å². The number of rotatable bonds is 3. The van der Waals surface area contributed by atoms with E-state index in [9.17, 15) is 0 Å². The first-order valence-electron chi connectivity index (χ1n) is 5.50. The zero-order chi connectivity index (χ0) is 9.10. The lowest BCUT2D eigenvalue weighted by atomic mass is 10.2. The Kier molecular flexibility index (Phi) is 3.19. The fourth-order valence-electron chi connectivity index (χ4n) is 2.42. The second kappa shape index (κ2) is 4.40. The van der Waals surface area contributed by atoms with Crippen LogP contribution in [0.4, 0.5) is 0 Å². The fraction of sp³-hybridized carbons (Fsp3) is 1.00. The summed E-state index contributed by atoms with van der Waals surface area (Å²) in [6.45, 7) is 4.84. The quantitative estimate of drug-likeness (QED) is 0.646. The minimum Gasteiger partial charge on any atom is -0.315 e. The molecule has 1 unspecified atom stereocenters. The molecule has 2 aliphatic heterocycles. The van der Waals surface area contributed by atoms with Crippen molar-refractivity contribution >= 4 is 0 Å². The van der Waals surface area contributed by atoms with Crippen LogP contribution in [-0.2, 0) is 0 Å². The van der Waals surface area contributed by atoms with E-state index in [0.29, 0.717) is 0 Å². The first-order valence-corrected chi connectivity index (χ1v) is 5.50. The van der Waals surface area contributed by atoms with Crippen molar-refractivity contribution in [3.63, 3.8) is 0 Å². The average Bonchev–Trinajstić information content (AvgIpc) is 2.74. The average molecular weight is 183 g/mol. The molecule has 2 rings (SSSR count). The van der Waals surface area contributed by atoms with Crippen LogP contribution in [0.5, 0.6) is 0 Å². The molecular weight excluding hydrogens is 162 g/mol. The van der Waals surface area contributed by atoms with Gasteiger partial charge in [-0.25, -0.2) is 0 Å². The Morgan fingerprint density at radius 3 is 2.85 bits per heavy atom. The van der Waals surface area contributed by atoms with Crippen LogP contribution in [0.2, 0.25) is 0 Å². The Morgan fingerprint density at radius 2 is 2.23 bits per heavy atom. The molecule has 2 fully saturated rings. The molecule has 0 saturated carbocycles. The minimum absolute atomic E-state index is 0.755. The van der Waals surface area contributed by atoms with E-state index in [1.807, 2.05) is 0 Å². The van der Waals surface area contributed by atoms with E-state index in [1.165, 1.54) is 45.4 Å². The van der Waals surface area contributed by atoms with E-state index in [0.717, 1.165) is 12.1 Å². The summed E-state index contributed by atoms with van der Waals surface area (Å²) in [4.78, 5) is 2.52. The number of nitrogens with one attached hydrogen (secondary N) is 2. The van der Waals surface area contributed by atoms with Gasteiger partial charge in [-0.1, -0.05) is 0 Å². The number of hydrogen-bond acceptors (Lipinski definition) is 3. The third kappa shape index (κ3) is 2.42. The molecular formula is C10H21N3. The molecule has 76 valence electrons. The third-order valence-corrected chi connectivity index (χ3v) is 3.33. The lowest BCUT2D eigenvalue weighted by Gasteiger charge is -2.26. The van der Waals surface area contributed by atoms with Crippen LogP contribution >= 0.6 is 0 Å². The highest BCUT2D eigenvalue weighted by atomic mass is 15.2. The summed E-state index contributed by atoms with van der Waals surface area (Å²) in [6.07, 6.45) is 4.05. The van der Waals surface area contributed by atoms with E-state index < -0.39 is 0 Å². The van der Waals surface area contributed by atoms with Crippen LogP contribution < -0.4 is 10.6 Å². The van der Waals surface area contributed by atoms with Crippen LogP contribution in [0.3, 0.4) is 0 Å². The van der Waals surface area contributed by atoms with Gasteiger partial charge in [0.15, 0.2) is 0 Å². The Morgan fingerprint density at radius 1 is 1.31 bits per heavy atom. The molecule has 0 aliphatic carbocycles. The first kappa shape index (κ1) is 9.44. The summed E-state index contributed by atoms with van der Waals surface area (Å²) in [7, 11) is 2.26. The van der Waals surface area contributed by atoms with Crippen molar-refractivity contribution in [2.45, 2.75) is 31.3 Å². The van der Waals surface area contributed by atoms with E-state index >= 15 is 0 Å². The molecule has 3 nitrogen and oxygen atoms in total. The Bertz CT molecular complexity index is 148. The highest BCUT2D eigenvalue weighted by Crippen LogP contribution is 2.11. The predicted molar refractivity (Wildman–Crippen MR) is 54.9 cm³/mol. The van der Waals surface area contributed by atoms with Crippen LogP contribution in [0.15, 0.2) is 0 Å². The van der Waals surface area contributed by atoms with Gasteiger partial charge in [0.1, 0.15) is 0 Å². The second-order valence-corrected chi connectivity index (χ2v) is 4.38. The van der Waals surface area contributed by atoms with Crippen molar-refractivity contribution < 1.29 is 0 Å². The molecule has 0 amide bonds. The molecule has 2 N–H and O–H groups in total. The van der Waals surface area contributed by atoms with Crippen molar-refractivity contribution in [3.05, 3.63) is 0 Å². The summed E-state index contributed by atoms with van der Waals surface area (Å²) >= 11 is 0. The van der Waals surface area contributed by atoms with Gasteiger partial charge in [-0.15, -0.1) is 0 Å². The van der Waals surface area contributed by atoms with Crippen LogP contribution in [0.25, 0.3) is 0 Å². The SMILES string of the molecule is CN(C[C@@H]1CCCN1)C1CCNC1. The second-order valence-electron chi connectivity index (χ2n) is 4.38. The molecule has 13 heavy (non-hydrogen) atoms. The van der Waals surface area contributed by atoms with Gasteiger partial charge < -0.3 is 15.5 Å². The Hall–Kier alpha value is -0.120. The van der Waals surface area contributed by atoms with Crippen LogP contribution in [0, 0.1) is 0 Å². The maximum absolute atomic E-state index is 3.55. The van der Waals surface area contributed by atoms with E-state index in [2.05, 4.69) is 22.6 Å². The van der Waals surface area contributed by atoms with Crippen molar-refractivity contribution in [1.29, 1.82) is 0 Å². The molecule has 0 aromatic heterocycles. The normalized spacial score (nSPS) is 34.6. The van der Waals surface area contributed by atoms with E-state index in [1.54, 1.807) is 0 Å². The predicted octanol–water partition coefficient (Wildman–Crippen LogP) is 0.0321. The summed E-state index contributed by atoms with van der Waals surface area (Å²) in [6, 6.07) is 1.54. The molecule has 0 spiro atoms. The van der Waals surface area contributed by atoms with Crippen molar-refractivity contribution in [2.75, 3.05) is 33.2 Å². The van der Waals surface area contributed by atoms with Crippen molar-refractivity contribution in [1.82, 2.24) is 15.5 Å². The Labute approximate surface area is 80.9 Å². The summed E-state index contributed by atoms with van der Waals surface area (Å²) in [5.41, 5.74) is 0. The molecule has 2 aliphatic rings. The van der Waals surface area contributed by atoms with E-state index in [4.69, 9.17) is 0 Å². The maximum atomic E-state index is 3.55. The molecule has 2 saturated heterocycles. The van der Waals surface area contributed by atoms with E-state index in [-0.39, 0.29) is 0 Å². The highest BCUT2D eigenvalue weighted by Gasteiger charge is 2.22.